The van der Waals surface area contributed by atoms with Crippen LogP contribution in [0.5, 0.6) is 11.5 Å². The van der Waals surface area contributed by atoms with Gasteiger partial charge in [-0.1, -0.05) is 36.4 Å². The van der Waals surface area contributed by atoms with E-state index < -0.39 is 6.72 Å². The Morgan fingerprint density at radius 3 is 1.47 bits per heavy atom. The highest BCUT2D eigenvalue weighted by Crippen LogP contribution is 2.44. The Morgan fingerprint density at radius 1 is 0.737 bits per heavy atom. The number of rotatable bonds is 0. The topological polar surface area (TPSA) is 38.7 Å². The van der Waals surface area contributed by atoms with Crippen LogP contribution in [0.1, 0.15) is 11.1 Å². The molecule has 0 aliphatic carbocycles. The van der Waals surface area contributed by atoms with Gasteiger partial charge in [-0.2, -0.15) is 0 Å². The molecular formula is C14H11O3PS. The molecule has 4 heterocycles. The fourth-order valence-electron chi connectivity index (χ4n) is 1.76. The number of benzene rings is 2. The smallest absolute Gasteiger partial charge is 0.416 e. The molecule has 4 aliphatic heterocycles. The molecule has 3 nitrogen and oxygen atoms in total. The third-order valence-corrected chi connectivity index (χ3v) is 4.00. The first-order valence-corrected chi connectivity index (χ1v) is 8.30. The van der Waals surface area contributed by atoms with E-state index in [2.05, 4.69) is 0 Å². The van der Waals surface area contributed by atoms with Crippen molar-refractivity contribution in [3.05, 3.63) is 59.7 Å². The summed E-state index contributed by atoms with van der Waals surface area (Å²) in [5.41, 5.74) is 2.09. The van der Waals surface area contributed by atoms with E-state index in [1.807, 2.05) is 36.4 Å². The van der Waals surface area contributed by atoms with Crippen molar-refractivity contribution in [3.8, 4) is 11.5 Å². The zero-order valence-electron chi connectivity index (χ0n) is 9.89. The van der Waals surface area contributed by atoms with Crippen molar-refractivity contribution in [2.24, 2.45) is 0 Å². The molecule has 0 aromatic heterocycles. The van der Waals surface area contributed by atoms with Crippen LogP contribution < -0.4 is 9.05 Å². The summed E-state index contributed by atoms with van der Waals surface area (Å²) in [6, 6.07) is 14.6. The van der Waals surface area contributed by atoms with Crippen LogP contribution in [-0.4, -0.2) is 4.89 Å². The SMILES string of the molecule is OP1(=S)Oc2ccc(cc2)C=Cc2ccc(cc2)O1. The van der Waals surface area contributed by atoms with Crippen LogP contribution in [0.3, 0.4) is 0 Å². The highest BCUT2D eigenvalue weighted by atomic mass is 32.5. The van der Waals surface area contributed by atoms with E-state index in [1.165, 1.54) is 0 Å². The molecule has 5 heteroatoms. The van der Waals surface area contributed by atoms with Crippen LogP contribution in [0, 0.1) is 0 Å². The highest BCUT2D eigenvalue weighted by Gasteiger charge is 2.19. The van der Waals surface area contributed by atoms with Gasteiger partial charge in [0.05, 0.1) is 0 Å². The minimum atomic E-state index is -3.33. The lowest BCUT2D eigenvalue weighted by Gasteiger charge is -2.17. The predicted molar refractivity (Wildman–Crippen MR) is 79.6 cm³/mol. The molecule has 0 unspecified atom stereocenters. The molecule has 2 aromatic rings. The summed E-state index contributed by atoms with van der Waals surface area (Å²) < 4.78 is 10.7. The van der Waals surface area contributed by atoms with Gasteiger partial charge in [-0.25, -0.2) is 0 Å². The molecule has 4 aliphatic rings. The molecule has 0 saturated carbocycles. The van der Waals surface area contributed by atoms with Crippen molar-refractivity contribution in [1.29, 1.82) is 0 Å². The number of hydrogen-bond donors (Lipinski definition) is 1. The first kappa shape index (κ1) is 12.4. The Morgan fingerprint density at radius 2 is 1.11 bits per heavy atom. The summed E-state index contributed by atoms with van der Waals surface area (Å²) in [5.74, 6) is 0.996. The van der Waals surface area contributed by atoms with Gasteiger partial charge in [0.2, 0.25) is 0 Å². The second-order valence-corrected chi connectivity index (χ2v) is 6.81. The fourth-order valence-corrected chi connectivity index (χ4v) is 3.09. The minimum Gasteiger partial charge on any atom is -0.416 e. The molecule has 0 saturated heterocycles. The molecular weight excluding hydrogens is 279 g/mol. The van der Waals surface area contributed by atoms with E-state index >= 15 is 0 Å². The Hall–Kier alpha value is -1.61. The third kappa shape index (κ3) is 3.04. The molecule has 0 atom stereocenters. The molecule has 96 valence electrons. The molecule has 0 fully saturated rings. The zero-order valence-corrected chi connectivity index (χ0v) is 11.6. The van der Waals surface area contributed by atoms with Crippen LogP contribution in [0.4, 0.5) is 0 Å². The minimum absolute atomic E-state index is 0.498. The third-order valence-electron chi connectivity index (χ3n) is 2.67. The van der Waals surface area contributed by atoms with E-state index in [-0.39, 0.29) is 0 Å². The second kappa shape index (κ2) is 4.82. The molecule has 2 aromatic carbocycles. The Bertz CT molecular complexity index is 607. The molecule has 19 heavy (non-hydrogen) atoms. The van der Waals surface area contributed by atoms with Gasteiger partial charge in [0.15, 0.2) is 0 Å². The average molecular weight is 290 g/mol. The van der Waals surface area contributed by atoms with Crippen LogP contribution in [0.15, 0.2) is 48.5 Å². The van der Waals surface area contributed by atoms with Crippen LogP contribution in [-0.2, 0) is 11.8 Å². The predicted octanol–water partition coefficient (Wildman–Crippen LogP) is 3.85. The van der Waals surface area contributed by atoms with Crippen molar-refractivity contribution in [2.75, 3.05) is 0 Å². The van der Waals surface area contributed by atoms with E-state index in [0.717, 1.165) is 11.1 Å². The van der Waals surface area contributed by atoms with Gasteiger partial charge in [0, 0.05) is 11.8 Å². The summed E-state index contributed by atoms with van der Waals surface area (Å²) in [4.78, 5) is 10.0. The molecule has 0 amide bonds. The normalized spacial score (nSPS) is 15.8. The van der Waals surface area contributed by atoms with Gasteiger partial charge in [0.1, 0.15) is 11.5 Å². The van der Waals surface area contributed by atoms with Crippen molar-refractivity contribution in [2.45, 2.75) is 0 Å². The lowest BCUT2D eigenvalue weighted by Crippen LogP contribution is -1.99. The van der Waals surface area contributed by atoms with E-state index in [0.29, 0.717) is 11.5 Å². The van der Waals surface area contributed by atoms with Gasteiger partial charge in [-0.15, -0.1) is 0 Å². The van der Waals surface area contributed by atoms with Gasteiger partial charge in [0.25, 0.3) is 0 Å². The molecule has 1 N–H and O–H groups in total. The first-order valence-electron chi connectivity index (χ1n) is 5.71. The van der Waals surface area contributed by atoms with Gasteiger partial charge in [-0.3, -0.25) is 0 Å². The van der Waals surface area contributed by atoms with E-state index in [9.17, 15) is 4.89 Å². The molecule has 4 bridgehead atoms. The summed E-state index contributed by atoms with van der Waals surface area (Å²) >= 11 is 5.00. The highest BCUT2D eigenvalue weighted by molar-refractivity contribution is 8.07. The van der Waals surface area contributed by atoms with Crippen molar-refractivity contribution in [3.63, 3.8) is 0 Å². The lowest BCUT2D eigenvalue weighted by atomic mass is 10.1. The Balaban J connectivity index is 2.10. The standard InChI is InChI=1S/C14H11O3PS/c15-18(19)16-13-7-3-11(4-8-13)1-2-12-5-9-14(17-18)10-6-12/h1-10H,(H,15,19). The summed E-state index contributed by atoms with van der Waals surface area (Å²) in [5, 5.41) is 0. The molecule has 0 spiro atoms. The van der Waals surface area contributed by atoms with Crippen LogP contribution >= 0.6 is 6.72 Å². The summed E-state index contributed by atoms with van der Waals surface area (Å²) in [6.45, 7) is -3.33. The maximum atomic E-state index is 10.0. The number of hydrogen-bond acceptors (Lipinski definition) is 3. The average Bonchev–Trinajstić information content (AvgIpc) is 2.40. The van der Waals surface area contributed by atoms with E-state index in [4.69, 9.17) is 20.9 Å². The van der Waals surface area contributed by atoms with Crippen molar-refractivity contribution >= 4 is 30.7 Å². The Labute approximate surface area is 116 Å². The largest absolute Gasteiger partial charge is 0.432 e. The molecule has 0 radical (unpaired) electrons. The maximum Gasteiger partial charge on any atom is 0.432 e. The quantitative estimate of drug-likeness (QED) is 0.748. The molecule has 6 rings (SSSR count). The zero-order chi connectivity index (χ0) is 13.3. The maximum absolute atomic E-state index is 10.0. The van der Waals surface area contributed by atoms with Gasteiger partial charge in [-0.05, 0) is 35.4 Å². The second-order valence-electron chi connectivity index (χ2n) is 4.12. The van der Waals surface area contributed by atoms with Crippen molar-refractivity contribution < 1.29 is 13.9 Å². The van der Waals surface area contributed by atoms with Crippen LogP contribution in [0.2, 0.25) is 0 Å². The lowest BCUT2D eigenvalue weighted by molar-refractivity contribution is 0.377. The summed E-state index contributed by atoms with van der Waals surface area (Å²) in [7, 11) is 0. The first-order chi connectivity index (χ1) is 9.11. The van der Waals surface area contributed by atoms with E-state index in [1.54, 1.807) is 24.3 Å². The van der Waals surface area contributed by atoms with Gasteiger partial charge < -0.3 is 13.9 Å². The monoisotopic (exact) mass is 290 g/mol. The summed E-state index contributed by atoms with van der Waals surface area (Å²) in [6.07, 6.45) is 4.01. The Kier molecular flexibility index (Phi) is 3.15. The van der Waals surface area contributed by atoms with Crippen LogP contribution in [0.25, 0.3) is 12.2 Å². The fraction of sp³-hybridized carbons (Fsp3) is 0. The van der Waals surface area contributed by atoms with Crippen molar-refractivity contribution in [1.82, 2.24) is 0 Å². The van der Waals surface area contributed by atoms with Gasteiger partial charge >= 0.3 is 6.72 Å².